The van der Waals surface area contributed by atoms with Gasteiger partial charge >= 0.3 is 0 Å². The van der Waals surface area contributed by atoms with Crippen molar-refractivity contribution in [3.05, 3.63) is 0 Å². The van der Waals surface area contributed by atoms with E-state index in [2.05, 4.69) is 5.16 Å². The van der Waals surface area contributed by atoms with Crippen molar-refractivity contribution in [3.8, 4) is 0 Å². The molecular formula is C8H16FNO3S. The second-order valence-electron chi connectivity index (χ2n) is 2.21. The maximum absolute atomic E-state index is 11.5. The van der Waals surface area contributed by atoms with Crippen molar-refractivity contribution in [2.75, 3.05) is 38.8 Å². The fourth-order valence-electron chi connectivity index (χ4n) is 0.604. The quantitative estimate of drug-likeness (QED) is 0.322. The molecule has 0 heterocycles. The van der Waals surface area contributed by atoms with Gasteiger partial charge in [-0.15, -0.1) is 0 Å². The van der Waals surface area contributed by atoms with Crippen molar-refractivity contribution in [2.24, 2.45) is 5.16 Å². The highest BCUT2D eigenvalue weighted by Crippen LogP contribution is 1.97. The van der Waals surface area contributed by atoms with Gasteiger partial charge in [0, 0.05) is 17.9 Å². The second kappa shape index (κ2) is 12.7. The normalized spacial score (nSPS) is 11.0. The van der Waals surface area contributed by atoms with E-state index in [9.17, 15) is 3.89 Å². The molecule has 0 amide bonds. The van der Waals surface area contributed by atoms with Crippen molar-refractivity contribution >= 4 is 18.4 Å². The molecule has 14 heavy (non-hydrogen) atoms. The summed E-state index contributed by atoms with van der Waals surface area (Å²) < 4.78 is 21.7. The van der Waals surface area contributed by atoms with E-state index >= 15 is 0 Å². The molecule has 0 radical (unpaired) electrons. The van der Waals surface area contributed by atoms with Crippen LogP contribution in [0.3, 0.4) is 0 Å². The Hall–Kier alpha value is -0.330. The molecule has 0 aromatic rings. The monoisotopic (exact) mass is 225 g/mol. The molecule has 84 valence electrons. The zero-order valence-electron chi connectivity index (χ0n) is 8.28. The van der Waals surface area contributed by atoms with E-state index in [1.165, 1.54) is 0 Å². The third-order valence-corrected chi connectivity index (χ3v) is 1.47. The first-order valence-corrected chi connectivity index (χ1v) is 5.33. The molecule has 0 unspecified atom stereocenters. The largest absolute Gasteiger partial charge is 0.396 e. The van der Waals surface area contributed by atoms with E-state index in [1.54, 1.807) is 6.21 Å². The summed E-state index contributed by atoms with van der Waals surface area (Å²) in [5.74, 6) is 0.367. The molecule has 6 heteroatoms. The number of hydrogen-bond donors (Lipinski definition) is 0. The van der Waals surface area contributed by atoms with Crippen molar-refractivity contribution in [1.82, 2.24) is 0 Å². The molecule has 0 aliphatic carbocycles. The summed E-state index contributed by atoms with van der Waals surface area (Å²) in [5, 5.41) is 3.59. The van der Waals surface area contributed by atoms with Crippen LogP contribution in [0.1, 0.15) is 6.92 Å². The summed E-state index contributed by atoms with van der Waals surface area (Å²) in [5.41, 5.74) is 0. The zero-order valence-corrected chi connectivity index (χ0v) is 9.09. The van der Waals surface area contributed by atoms with E-state index in [4.69, 9.17) is 14.3 Å². The van der Waals surface area contributed by atoms with Gasteiger partial charge in [0.15, 0.2) is 0 Å². The molecule has 0 bridgehead atoms. The molecule has 0 aliphatic heterocycles. The van der Waals surface area contributed by atoms with Crippen LogP contribution >= 0.6 is 12.1 Å². The maximum Gasteiger partial charge on any atom is 0.114 e. The maximum atomic E-state index is 11.5. The Morgan fingerprint density at radius 2 is 2.07 bits per heavy atom. The predicted octanol–water partition coefficient (Wildman–Crippen LogP) is 1.66. The van der Waals surface area contributed by atoms with Crippen LogP contribution in [0.25, 0.3) is 0 Å². The molecule has 0 atom stereocenters. The van der Waals surface area contributed by atoms with Crippen LogP contribution in [-0.2, 0) is 14.3 Å². The molecule has 0 saturated heterocycles. The average Bonchev–Trinajstić information content (AvgIpc) is 2.21. The molecule has 0 spiro atoms. The summed E-state index contributed by atoms with van der Waals surface area (Å²) in [4.78, 5) is 4.71. The van der Waals surface area contributed by atoms with Crippen LogP contribution in [0.5, 0.6) is 0 Å². The number of ether oxygens (including phenoxy) is 2. The number of halogens is 1. The topological polar surface area (TPSA) is 40.0 Å². The van der Waals surface area contributed by atoms with Gasteiger partial charge in [-0.2, -0.15) is 3.89 Å². The van der Waals surface area contributed by atoms with Crippen LogP contribution < -0.4 is 0 Å². The van der Waals surface area contributed by atoms with Gasteiger partial charge in [-0.1, -0.05) is 5.16 Å². The van der Waals surface area contributed by atoms with Crippen molar-refractivity contribution < 1.29 is 18.2 Å². The first kappa shape index (κ1) is 13.7. The van der Waals surface area contributed by atoms with Gasteiger partial charge in [0.1, 0.15) is 6.61 Å². The summed E-state index contributed by atoms with van der Waals surface area (Å²) >= 11 is 0.275. The van der Waals surface area contributed by atoms with Crippen molar-refractivity contribution in [1.29, 1.82) is 0 Å². The van der Waals surface area contributed by atoms with E-state index in [0.29, 0.717) is 38.8 Å². The lowest BCUT2D eigenvalue weighted by molar-refractivity contribution is 0.0686. The van der Waals surface area contributed by atoms with E-state index in [-0.39, 0.29) is 12.1 Å². The van der Waals surface area contributed by atoms with Gasteiger partial charge in [0.2, 0.25) is 0 Å². The highest BCUT2D eigenvalue weighted by atomic mass is 32.2. The number of oxime groups is 1. The molecule has 0 aromatic carbocycles. The summed E-state index contributed by atoms with van der Waals surface area (Å²) in [7, 11) is 0. The molecule has 0 saturated carbocycles. The fourth-order valence-corrected chi connectivity index (χ4v) is 0.785. The van der Waals surface area contributed by atoms with Gasteiger partial charge in [-0.25, -0.2) is 0 Å². The van der Waals surface area contributed by atoms with E-state index in [0.717, 1.165) is 0 Å². The molecular weight excluding hydrogens is 209 g/mol. The molecule has 0 fully saturated rings. The van der Waals surface area contributed by atoms with Crippen molar-refractivity contribution in [3.63, 3.8) is 0 Å². The van der Waals surface area contributed by atoms with Crippen LogP contribution in [0.2, 0.25) is 0 Å². The lowest BCUT2D eigenvalue weighted by Crippen LogP contribution is -2.07. The average molecular weight is 225 g/mol. The van der Waals surface area contributed by atoms with Crippen LogP contribution in [0, 0.1) is 0 Å². The van der Waals surface area contributed by atoms with Crippen LogP contribution in [0.4, 0.5) is 3.89 Å². The van der Waals surface area contributed by atoms with E-state index in [1.807, 2.05) is 6.92 Å². The Labute approximate surface area is 88.1 Å². The molecule has 0 N–H and O–H groups in total. The first-order valence-electron chi connectivity index (χ1n) is 4.44. The van der Waals surface area contributed by atoms with Gasteiger partial charge in [0.05, 0.1) is 32.6 Å². The fraction of sp³-hybridized carbons (Fsp3) is 0.875. The zero-order chi connectivity index (χ0) is 10.5. The smallest absolute Gasteiger partial charge is 0.114 e. The summed E-state index contributed by atoms with van der Waals surface area (Å²) in [6.07, 6.45) is 1.54. The van der Waals surface area contributed by atoms with Crippen LogP contribution in [0.15, 0.2) is 5.16 Å². The van der Waals surface area contributed by atoms with Gasteiger partial charge < -0.3 is 14.3 Å². The molecule has 0 aromatic heterocycles. The van der Waals surface area contributed by atoms with Gasteiger partial charge in [0.25, 0.3) is 0 Å². The van der Waals surface area contributed by atoms with Crippen LogP contribution in [-0.4, -0.2) is 45.0 Å². The standard InChI is InChI=1S/C8H16FNO3S/c1-2-13-10-3-4-11-5-6-12-7-8-14-9/h3H,2,4-8H2,1H3/b10-3+. The second-order valence-corrected chi connectivity index (χ2v) is 2.83. The lowest BCUT2D eigenvalue weighted by Gasteiger charge is -2.01. The first-order chi connectivity index (χ1) is 6.91. The highest BCUT2D eigenvalue weighted by Gasteiger charge is 1.89. The van der Waals surface area contributed by atoms with E-state index < -0.39 is 0 Å². The SMILES string of the molecule is CCO/N=C/COCCOCCSF. The minimum Gasteiger partial charge on any atom is -0.396 e. The molecule has 0 rings (SSSR count). The third kappa shape index (κ3) is 11.7. The Kier molecular flexibility index (Phi) is 12.4. The number of nitrogens with zero attached hydrogens (tertiary/aromatic N) is 1. The van der Waals surface area contributed by atoms with Gasteiger partial charge in [-0.05, 0) is 6.92 Å². The Morgan fingerprint density at radius 3 is 2.79 bits per heavy atom. The summed E-state index contributed by atoms with van der Waals surface area (Å²) in [6, 6.07) is 0. The highest BCUT2D eigenvalue weighted by molar-refractivity contribution is 7.94. The minimum atomic E-state index is 0.275. The Bertz CT molecular complexity index is 138. The Morgan fingerprint density at radius 1 is 1.29 bits per heavy atom. The van der Waals surface area contributed by atoms with Crippen molar-refractivity contribution in [2.45, 2.75) is 6.92 Å². The lowest BCUT2D eigenvalue weighted by atomic mass is 10.7. The Balaban J connectivity index is 2.91. The number of hydrogen-bond acceptors (Lipinski definition) is 5. The molecule has 4 nitrogen and oxygen atoms in total. The molecule has 0 aliphatic rings. The third-order valence-electron chi connectivity index (χ3n) is 1.15. The minimum absolute atomic E-state index is 0.275. The summed E-state index contributed by atoms with van der Waals surface area (Å²) in [6.45, 7) is 4.19. The van der Waals surface area contributed by atoms with Gasteiger partial charge in [-0.3, -0.25) is 0 Å². The predicted molar refractivity (Wildman–Crippen MR) is 55.3 cm³/mol. The number of rotatable bonds is 10.